The summed E-state index contributed by atoms with van der Waals surface area (Å²) in [6.45, 7) is 2.59. The molecule has 3 unspecified atom stereocenters. The predicted molar refractivity (Wildman–Crippen MR) is 158 cm³/mol. The van der Waals surface area contributed by atoms with Gasteiger partial charge in [-0.2, -0.15) is 0 Å². The highest BCUT2D eigenvalue weighted by Gasteiger charge is 2.69. The van der Waals surface area contributed by atoms with Gasteiger partial charge >= 0.3 is 0 Å². The molecule has 2 saturated carbocycles. The normalized spacial score (nSPS) is 30.4. The van der Waals surface area contributed by atoms with Crippen LogP contribution in [0.5, 0.6) is 5.75 Å². The van der Waals surface area contributed by atoms with Gasteiger partial charge in [0.15, 0.2) is 34.7 Å². The van der Waals surface area contributed by atoms with Gasteiger partial charge < -0.3 is 25.3 Å². The second kappa shape index (κ2) is 10.6. The van der Waals surface area contributed by atoms with Gasteiger partial charge in [0.1, 0.15) is 17.3 Å². The third kappa shape index (κ3) is 4.33. The fourth-order valence-electron chi connectivity index (χ4n) is 8.01. The minimum atomic E-state index is -2.76. The molecule has 12 heteroatoms. The highest BCUT2D eigenvalue weighted by atomic mass is 16.3. The lowest BCUT2D eigenvalue weighted by Crippen LogP contribution is -2.74. The number of aromatic hydroxyl groups is 1. The molecule has 1 aromatic heterocycles. The molecule has 234 valence electrons. The summed E-state index contributed by atoms with van der Waals surface area (Å²) < 4.78 is 6.12. The van der Waals surface area contributed by atoms with Gasteiger partial charge in [-0.3, -0.25) is 33.8 Å². The van der Waals surface area contributed by atoms with Crippen molar-refractivity contribution in [2.75, 3.05) is 46.2 Å². The maximum Gasteiger partial charge on any atom is 0.235 e. The number of phenols is 1. The third-order valence-corrected chi connectivity index (χ3v) is 10.0. The molecular weight excluding hydrogens is 568 g/mol. The summed E-state index contributed by atoms with van der Waals surface area (Å²) in [4.78, 5) is 73.0. The number of hydrogen-bond acceptors (Lipinski definition) is 11. The molecule has 3 aliphatic carbocycles. The molecule has 6 atom stereocenters. The van der Waals surface area contributed by atoms with Crippen molar-refractivity contribution in [3.8, 4) is 17.1 Å². The fourth-order valence-corrected chi connectivity index (χ4v) is 8.01. The first-order valence-corrected chi connectivity index (χ1v) is 15.0. The monoisotopic (exact) mass is 606 g/mol. The van der Waals surface area contributed by atoms with E-state index < -0.39 is 64.4 Å². The number of phenolic OH excluding ortho intramolecular Hbond substituents is 1. The van der Waals surface area contributed by atoms with Crippen LogP contribution in [0.2, 0.25) is 0 Å². The maximum absolute atomic E-state index is 14.3. The molecule has 2 aromatic rings. The van der Waals surface area contributed by atoms with E-state index in [9.17, 15) is 34.2 Å². The number of anilines is 1. The molecule has 44 heavy (non-hydrogen) atoms. The van der Waals surface area contributed by atoms with Gasteiger partial charge in [0, 0.05) is 25.7 Å². The molecular formula is C32H38N4O8. The Kier molecular flexibility index (Phi) is 7.29. The lowest BCUT2D eigenvalue weighted by molar-refractivity contribution is -0.181. The first kappa shape index (κ1) is 30.2. The highest BCUT2D eigenvalue weighted by Crippen LogP contribution is 2.53. The fraction of sp³-hybridized carbons (Fsp3) is 0.531. The van der Waals surface area contributed by atoms with Crippen molar-refractivity contribution in [1.29, 1.82) is 0 Å². The van der Waals surface area contributed by atoms with Crippen molar-refractivity contribution in [3.05, 3.63) is 35.1 Å². The van der Waals surface area contributed by atoms with E-state index in [1.807, 2.05) is 25.1 Å². The number of carbonyl (C=O) groups excluding carboxylic acids is 5. The molecule has 1 amide bonds. The number of benzene rings is 1. The summed E-state index contributed by atoms with van der Waals surface area (Å²) in [7, 11) is 6.74. The Hall–Kier alpha value is -3.87. The topological polar surface area (TPSA) is 175 Å². The number of fused-ring (bicyclic) bond motifs is 3. The first-order valence-electron chi connectivity index (χ1n) is 15.0. The number of aliphatic hydroxyl groups is 1. The van der Waals surface area contributed by atoms with Crippen LogP contribution in [0, 0.1) is 23.7 Å². The van der Waals surface area contributed by atoms with Crippen LogP contribution >= 0.6 is 0 Å². The van der Waals surface area contributed by atoms with E-state index in [2.05, 4.69) is 4.90 Å². The Morgan fingerprint density at radius 1 is 1.09 bits per heavy atom. The number of carbonyl (C=O) groups is 5. The second-order valence-electron chi connectivity index (χ2n) is 13.1. The number of primary amides is 1. The van der Waals surface area contributed by atoms with Crippen molar-refractivity contribution >= 4 is 34.7 Å². The molecule has 0 spiro atoms. The van der Waals surface area contributed by atoms with Gasteiger partial charge in [-0.15, -0.1) is 0 Å². The van der Waals surface area contributed by atoms with Gasteiger partial charge in [-0.25, -0.2) is 0 Å². The van der Waals surface area contributed by atoms with E-state index in [1.165, 1.54) is 4.90 Å². The van der Waals surface area contributed by atoms with Gasteiger partial charge in [0.05, 0.1) is 29.6 Å². The van der Waals surface area contributed by atoms with Crippen LogP contribution in [0.3, 0.4) is 0 Å². The van der Waals surface area contributed by atoms with E-state index in [-0.39, 0.29) is 29.7 Å². The third-order valence-electron chi connectivity index (χ3n) is 10.0. The van der Waals surface area contributed by atoms with Crippen molar-refractivity contribution in [2.45, 2.75) is 43.9 Å². The van der Waals surface area contributed by atoms with E-state index in [4.69, 9.17) is 10.2 Å². The molecule has 6 rings (SSSR count). The number of nitrogens with two attached hydrogens (primary N) is 1. The summed E-state index contributed by atoms with van der Waals surface area (Å²) in [6, 6.07) is 4.20. The van der Waals surface area contributed by atoms with E-state index in [0.29, 0.717) is 23.6 Å². The molecule has 0 radical (unpaired) electrons. The van der Waals surface area contributed by atoms with Crippen molar-refractivity contribution in [3.63, 3.8) is 0 Å². The number of ketones is 4. The van der Waals surface area contributed by atoms with Crippen LogP contribution in [-0.2, 0) is 32.1 Å². The zero-order valence-electron chi connectivity index (χ0n) is 25.3. The largest absolute Gasteiger partial charge is 0.506 e. The van der Waals surface area contributed by atoms with E-state index in [1.54, 1.807) is 26.2 Å². The number of nitrogens with zero attached hydrogens (tertiary/aromatic N) is 3. The van der Waals surface area contributed by atoms with Crippen molar-refractivity contribution in [1.82, 2.24) is 9.80 Å². The zero-order valence-corrected chi connectivity index (χ0v) is 25.3. The van der Waals surface area contributed by atoms with Crippen LogP contribution in [0.25, 0.3) is 11.3 Å². The Morgan fingerprint density at radius 2 is 1.77 bits per heavy atom. The first-order chi connectivity index (χ1) is 20.8. The van der Waals surface area contributed by atoms with Crippen LogP contribution in [0.1, 0.15) is 40.9 Å². The van der Waals surface area contributed by atoms with E-state index in [0.717, 1.165) is 31.7 Å². The quantitative estimate of drug-likeness (QED) is 0.397. The molecule has 3 fully saturated rings. The number of rotatable bonds is 6. The van der Waals surface area contributed by atoms with Crippen molar-refractivity contribution < 1.29 is 38.6 Å². The highest BCUT2D eigenvalue weighted by molar-refractivity contribution is 6.32. The number of likely N-dealkylation sites (tertiary alicyclic amines) is 1. The van der Waals surface area contributed by atoms with Crippen LogP contribution < -0.4 is 10.6 Å². The summed E-state index contributed by atoms with van der Waals surface area (Å²) in [5, 5.41) is 23.4. The molecule has 2 heterocycles. The zero-order chi connectivity index (χ0) is 31.8. The average Bonchev–Trinajstić information content (AvgIpc) is 3.63. The Morgan fingerprint density at radius 3 is 2.39 bits per heavy atom. The summed E-state index contributed by atoms with van der Waals surface area (Å²) in [5.41, 5.74) is 4.05. The molecule has 4 N–H and O–H groups in total. The minimum Gasteiger partial charge on any atom is -0.506 e. The van der Waals surface area contributed by atoms with Crippen LogP contribution in [0.15, 0.2) is 22.6 Å². The number of hydrogen-bond donors (Lipinski definition) is 3. The van der Waals surface area contributed by atoms with Gasteiger partial charge in [-0.1, -0.05) is 0 Å². The Bertz CT molecular complexity index is 1590. The summed E-state index contributed by atoms with van der Waals surface area (Å²) >= 11 is 0. The maximum atomic E-state index is 14.3. The molecule has 1 aromatic carbocycles. The SMILES string of the molecule is CN(C)c1cc(-c2ccc(CN3CCCC3)o2)c(O)c2c1C[C@@H]1C[C@@H]3C(N(C)C)C(=O)C(C(N)=O)C(=O)[C@]3(O)C(=O)C1C2=O. The number of likely N-dealkylation sites (N-methyl/N-ethyl adjacent to an activating group) is 1. The molecule has 0 bridgehead atoms. The summed E-state index contributed by atoms with van der Waals surface area (Å²) in [5.74, 6) is -9.65. The average molecular weight is 607 g/mol. The van der Waals surface area contributed by atoms with Gasteiger partial charge in [0.2, 0.25) is 5.91 Å². The lowest BCUT2D eigenvalue weighted by Gasteiger charge is -2.52. The van der Waals surface area contributed by atoms with Crippen molar-refractivity contribution in [2.24, 2.45) is 29.4 Å². The summed E-state index contributed by atoms with van der Waals surface area (Å²) in [6.07, 6.45) is 2.44. The Balaban J connectivity index is 1.44. The number of Topliss-reactive ketones (excluding diaryl/α,β-unsaturated/α-hetero) is 4. The van der Waals surface area contributed by atoms with Gasteiger partial charge in [-0.05, 0) is 82.5 Å². The molecule has 12 nitrogen and oxygen atoms in total. The minimum absolute atomic E-state index is 0.00266. The predicted octanol–water partition coefficient (Wildman–Crippen LogP) is 0.789. The second-order valence-corrected chi connectivity index (χ2v) is 13.1. The van der Waals surface area contributed by atoms with Gasteiger partial charge in [0.25, 0.3) is 0 Å². The molecule has 1 aliphatic heterocycles. The Labute approximate surface area is 254 Å². The van der Waals surface area contributed by atoms with Crippen LogP contribution in [0.4, 0.5) is 5.69 Å². The van der Waals surface area contributed by atoms with Crippen LogP contribution in [-0.4, -0.2) is 102 Å². The van der Waals surface area contributed by atoms with E-state index >= 15 is 0 Å². The smallest absolute Gasteiger partial charge is 0.235 e. The standard InChI is InChI=1S/C32H38N4O8/c1-34(2)20-13-18(21-8-7-16(44-21)14-36-9-5-6-10-36)26(37)23-17(20)11-15-12-19-25(35(3)4)28(39)24(31(33)42)30(41)32(19,43)29(40)22(15)27(23)38/h7-8,13,15,19,22,24-25,37,43H,5-6,9-12,14H2,1-4H3,(H2,33,42)/t15-,19-,22?,24?,25?,32-/m1/s1. The lowest BCUT2D eigenvalue weighted by atomic mass is 9.52. The molecule has 4 aliphatic rings. The number of amides is 1. The molecule has 1 saturated heterocycles. The number of furan rings is 1.